The maximum absolute atomic E-state index is 5.66. The summed E-state index contributed by atoms with van der Waals surface area (Å²) in [6.45, 7) is 8.28. The molecule has 5 nitrogen and oxygen atoms in total. The average molecular weight is 370 g/mol. The number of aliphatic imine (C=N–C) groups is 1. The summed E-state index contributed by atoms with van der Waals surface area (Å²) < 4.78 is 11.1. The van der Waals surface area contributed by atoms with Gasteiger partial charge in [-0.05, 0) is 49.9 Å². The fourth-order valence-corrected chi connectivity index (χ4v) is 3.77. The van der Waals surface area contributed by atoms with Crippen LogP contribution in [-0.4, -0.2) is 38.8 Å². The van der Waals surface area contributed by atoms with E-state index in [4.69, 9.17) is 14.1 Å². The van der Waals surface area contributed by atoms with Crippen molar-refractivity contribution in [2.45, 2.75) is 38.5 Å². The van der Waals surface area contributed by atoms with Gasteiger partial charge in [-0.2, -0.15) is 0 Å². The van der Waals surface area contributed by atoms with Gasteiger partial charge in [0.1, 0.15) is 5.76 Å². The van der Waals surface area contributed by atoms with E-state index in [2.05, 4.69) is 48.7 Å². The Kier molecular flexibility index (Phi) is 6.93. The monoisotopic (exact) mass is 369 g/mol. The molecule has 0 atom stereocenters. The molecule has 27 heavy (non-hydrogen) atoms. The highest BCUT2D eigenvalue weighted by Gasteiger charge is 2.35. The van der Waals surface area contributed by atoms with Crippen molar-refractivity contribution in [1.82, 2.24) is 10.6 Å². The number of nitrogens with one attached hydrogen (secondary N) is 2. The molecule has 0 saturated carbocycles. The topological polar surface area (TPSA) is 58.8 Å². The van der Waals surface area contributed by atoms with Crippen LogP contribution in [0.15, 0.2) is 52.1 Å². The van der Waals surface area contributed by atoms with E-state index < -0.39 is 0 Å². The number of hydrogen-bond acceptors (Lipinski definition) is 3. The quantitative estimate of drug-likeness (QED) is 0.580. The normalized spacial score (nSPS) is 16.9. The minimum Gasteiger partial charge on any atom is -0.469 e. The van der Waals surface area contributed by atoms with Crippen molar-refractivity contribution in [3.8, 4) is 0 Å². The second-order valence-electron chi connectivity index (χ2n) is 7.16. The van der Waals surface area contributed by atoms with Crippen LogP contribution in [0.1, 0.15) is 36.7 Å². The summed E-state index contributed by atoms with van der Waals surface area (Å²) >= 11 is 0. The number of rotatable bonds is 7. The van der Waals surface area contributed by atoms with E-state index in [1.54, 1.807) is 6.26 Å². The Balaban J connectivity index is 1.71. The van der Waals surface area contributed by atoms with Gasteiger partial charge in [-0.25, -0.2) is 0 Å². The fraction of sp³-hybridized carbons (Fsp3) is 0.500. The summed E-state index contributed by atoms with van der Waals surface area (Å²) in [7, 11) is 0. The first-order valence-electron chi connectivity index (χ1n) is 9.92. The van der Waals surface area contributed by atoms with E-state index in [0.29, 0.717) is 0 Å². The van der Waals surface area contributed by atoms with E-state index in [1.165, 1.54) is 11.1 Å². The Bertz CT molecular complexity index is 719. The molecule has 0 bridgehead atoms. The Morgan fingerprint density at radius 1 is 1.11 bits per heavy atom. The lowest BCUT2D eigenvalue weighted by molar-refractivity contribution is 0.0529. The lowest BCUT2D eigenvalue weighted by atomic mass is 9.72. The third-order valence-electron chi connectivity index (χ3n) is 5.29. The summed E-state index contributed by atoms with van der Waals surface area (Å²) in [5.74, 6) is 1.85. The van der Waals surface area contributed by atoms with E-state index in [9.17, 15) is 0 Å². The molecule has 1 aliphatic rings. The number of hydrogen-bond donors (Lipinski definition) is 2. The molecule has 0 radical (unpaired) electrons. The summed E-state index contributed by atoms with van der Waals surface area (Å²) in [5, 5.41) is 6.79. The van der Waals surface area contributed by atoms with Crippen LogP contribution in [0, 0.1) is 6.92 Å². The predicted molar refractivity (Wildman–Crippen MR) is 109 cm³/mol. The van der Waals surface area contributed by atoms with Gasteiger partial charge in [0.15, 0.2) is 5.96 Å². The maximum atomic E-state index is 5.66. The second-order valence-corrected chi connectivity index (χ2v) is 7.16. The average Bonchev–Trinajstić information content (AvgIpc) is 3.21. The highest BCUT2D eigenvalue weighted by atomic mass is 16.5. The van der Waals surface area contributed by atoms with Gasteiger partial charge >= 0.3 is 0 Å². The molecule has 0 aliphatic carbocycles. The van der Waals surface area contributed by atoms with Crippen molar-refractivity contribution in [1.29, 1.82) is 0 Å². The smallest absolute Gasteiger partial charge is 0.191 e. The summed E-state index contributed by atoms with van der Waals surface area (Å²) in [6.07, 6.45) is 4.57. The van der Waals surface area contributed by atoms with Gasteiger partial charge in [0.05, 0.1) is 12.8 Å². The van der Waals surface area contributed by atoms with Crippen LogP contribution >= 0.6 is 0 Å². The van der Waals surface area contributed by atoms with Crippen molar-refractivity contribution in [3.05, 3.63) is 59.5 Å². The molecule has 2 N–H and O–H groups in total. The molecule has 2 aromatic rings. The van der Waals surface area contributed by atoms with E-state index >= 15 is 0 Å². The third-order valence-corrected chi connectivity index (χ3v) is 5.29. The van der Waals surface area contributed by atoms with Crippen molar-refractivity contribution >= 4 is 5.96 Å². The molecule has 5 heteroatoms. The van der Waals surface area contributed by atoms with Crippen LogP contribution < -0.4 is 10.6 Å². The van der Waals surface area contributed by atoms with E-state index in [0.717, 1.165) is 63.8 Å². The van der Waals surface area contributed by atoms with Gasteiger partial charge < -0.3 is 19.8 Å². The van der Waals surface area contributed by atoms with Gasteiger partial charge in [-0.15, -0.1) is 0 Å². The maximum Gasteiger partial charge on any atom is 0.191 e. The first-order chi connectivity index (χ1) is 13.2. The first-order valence-corrected chi connectivity index (χ1v) is 9.92. The number of benzene rings is 1. The van der Waals surface area contributed by atoms with E-state index in [-0.39, 0.29) is 5.41 Å². The number of guanidine groups is 1. The number of nitrogens with zero attached hydrogens (tertiary/aromatic N) is 1. The van der Waals surface area contributed by atoms with Gasteiger partial charge in [-0.1, -0.05) is 24.3 Å². The zero-order chi connectivity index (χ0) is 19.0. The number of ether oxygens (including phenoxy) is 1. The zero-order valence-corrected chi connectivity index (χ0v) is 16.5. The lowest BCUT2D eigenvalue weighted by Gasteiger charge is -2.37. The van der Waals surface area contributed by atoms with Crippen molar-refractivity contribution in [3.63, 3.8) is 0 Å². The molecule has 1 saturated heterocycles. The molecular weight excluding hydrogens is 338 g/mol. The zero-order valence-electron chi connectivity index (χ0n) is 16.5. The van der Waals surface area contributed by atoms with Crippen LogP contribution in [-0.2, 0) is 16.6 Å². The van der Waals surface area contributed by atoms with Crippen LogP contribution in [0.5, 0.6) is 0 Å². The summed E-state index contributed by atoms with van der Waals surface area (Å²) in [5.41, 5.74) is 2.79. The molecule has 146 valence electrons. The Morgan fingerprint density at radius 2 is 1.93 bits per heavy atom. The van der Waals surface area contributed by atoms with Crippen LogP contribution in [0.2, 0.25) is 0 Å². The van der Waals surface area contributed by atoms with Gasteiger partial charge in [0.2, 0.25) is 0 Å². The number of furan rings is 1. The highest BCUT2D eigenvalue weighted by Crippen LogP contribution is 2.37. The predicted octanol–water partition coefficient (Wildman–Crippen LogP) is 3.43. The highest BCUT2D eigenvalue weighted by molar-refractivity contribution is 5.79. The molecule has 1 aromatic carbocycles. The van der Waals surface area contributed by atoms with E-state index in [1.807, 2.05) is 12.1 Å². The van der Waals surface area contributed by atoms with Gasteiger partial charge in [-0.3, -0.25) is 4.99 Å². The molecule has 3 rings (SSSR count). The fourth-order valence-electron chi connectivity index (χ4n) is 3.77. The van der Waals surface area contributed by atoms with Crippen molar-refractivity contribution in [2.24, 2.45) is 4.99 Å². The largest absolute Gasteiger partial charge is 0.469 e. The molecule has 0 spiro atoms. The summed E-state index contributed by atoms with van der Waals surface area (Å²) in [6, 6.07) is 12.6. The molecule has 0 amide bonds. The molecule has 1 aromatic heterocycles. The SMILES string of the molecule is CCNC(=NCC1(c2ccccc2C)CCOCC1)NCCc1ccco1. The lowest BCUT2D eigenvalue weighted by Crippen LogP contribution is -2.42. The molecular formula is C22H31N3O2. The second kappa shape index (κ2) is 9.60. The molecule has 2 heterocycles. The minimum absolute atomic E-state index is 0.0486. The van der Waals surface area contributed by atoms with Gasteiger partial charge in [0, 0.05) is 38.1 Å². The van der Waals surface area contributed by atoms with Crippen molar-refractivity contribution < 1.29 is 9.15 Å². The molecule has 1 aliphatic heterocycles. The van der Waals surface area contributed by atoms with Crippen molar-refractivity contribution in [2.75, 3.05) is 32.8 Å². The Hall–Kier alpha value is -2.27. The standard InChI is InChI=1S/C22H31N3O2/c1-3-23-21(24-13-10-19-8-6-14-27-19)25-17-22(11-15-26-16-12-22)20-9-5-4-7-18(20)2/h4-9,14H,3,10-13,15-17H2,1-2H3,(H2,23,24,25). The van der Waals surface area contributed by atoms with Crippen LogP contribution in [0.25, 0.3) is 0 Å². The van der Waals surface area contributed by atoms with Crippen LogP contribution in [0.4, 0.5) is 0 Å². The molecule has 1 fully saturated rings. The first kappa shape index (κ1) is 19.5. The van der Waals surface area contributed by atoms with Crippen LogP contribution in [0.3, 0.4) is 0 Å². The Morgan fingerprint density at radius 3 is 2.63 bits per heavy atom. The molecule has 0 unspecified atom stereocenters. The third kappa shape index (κ3) is 5.13. The Labute approximate surface area is 162 Å². The number of aryl methyl sites for hydroxylation is 1. The summed E-state index contributed by atoms with van der Waals surface area (Å²) in [4.78, 5) is 4.95. The van der Waals surface area contributed by atoms with Gasteiger partial charge in [0.25, 0.3) is 0 Å². The minimum atomic E-state index is 0.0486.